The van der Waals surface area contributed by atoms with Gasteiger partial charge in [0.2, 0.25) is 5.88 Å². The highest BCUT2D eigenvalue weighted by molar-refractivity contribution is 5.88. The van der Waals surface area contributed by atoms with E-state index in [0.29, 0.717) is 24.8 Å². The van der Waals surface area contributed by atoms with Crippen LogP contribution in [0.5, 0.6) is 5.88 Å². The van der Waals surface area contributed by atoms with Gasteiger partial charge in [0.05, 0.1) is 19.8 Å². The minimum absolute atomic E-state index is 0.144. The third-order valence-electron chi connectivity index (χ3n) is 3.88. The predicted molar refractivity (Wildman–Crippen MR) is 88.9 cm³/mol. The Morgan fingerprint density at radius 3 is 2.80 bits per heavy atom. The number of benzene rings is 1. The number of anilines is 1. The Morgan fingerprint density at radius 1 is 1.32 bits per heavy atom. The van der Waals surface area contributed by atoms with E-state index in [1.807, 2.05) is 6.92 Å². The molecule has 1 aliphatic heterocycles. The van der Waals surface area contributed by atoms with Gasteiger partial charge < -0.3 is 14.4 Å². The van der Waals surface area contributed by atoms with Gasteiger partial charge in [-0.05, 0) is 24.6 Å². The number of methoxy groups -OCH3 is 1. The molecular weight excluding hydrogens is 327 g/mol. The number of hydrogen-bond donors (Lipinski definition) is 1. The fourth-order valence-corrected chi connectivity index (χ4v) is 2.69. The van der Waals surface area contributed by atoms with Gasteiger partial charge in [0.25, 0.3) is 0 Å². The van der Waals surface area contributed by atoms with E-state index in [4.69, 9.17) is 9.47 Å². The Hall–Kier alpha value is -2.74. The third-order valence-corrected chi connectivity index (χ3v) is 3.88. The highest BCUT2D eigenvalue weighted by Gasteiger charge is 2.29. The number of hydrogen-bond acceptors (Lipinski definition) is 5. The van der Waals surface area contributed by atoms with Gasteiger partial charge in [0, 0.05) is 12.6 Å². The molecule has 132 valence electrons. The van der Waals surface area contributed by atoms with Gasteiger partial charge in [0.15, 0.2) is 0 Å². The number of rotatable bonds is 3. The van der Waals surface area contributed by atoms with Gasteiger partial charge in [-0.2, -0.15) is 0 Å². The molecule has 0 spiro atoms. The number of aromatic nitrogens is 2. The molecule has 8 heteroatoms. The number of carbonyl (C=O) groups excluding carboxylic acids is 1. The maximum absolute atomic E-state index is 13.1. The fraction of sp³-hybridized carbons (Fsp3) is 0.353. The van der Waals surface area contributed by atoms with Crippen molar-refractivity contribution in [2.45, 2.75) is 19.1 Å². The van der Waals surface area contributed by atoms with Crippen LogP contribution in [-0.4, -0.2) is 47.2 Å². The van der Waals surface area contributed by atoms with Crippen LogP contribution in [0.25, 0.3) is 0 Å². The number of nitrogens with one attached hydrogen (secondary N) is 1. The zero-order valence-electron chi connectivity index (χ0n) is 14.0. The van der Waals surface area contributed by atoms with Crippen LogP contribution in [0.4, 0.5) is 15.0 Å². The summed E-state index contributed by atoms with van der Waals surface area (Å²) in [7, 11) is 1.49. The number of ether oxygens (including phenoxy) is 2. The molecule has 2 aromatic rings. The molecule has 2 heterocycles. The number of carbonyl (C=O) groups is 1. The summed E-state index contributed by atoms with van der Waals surface area (Å²) in [6.45, 7) is 2.71. The summed E-state index contributed by atoms with van der Waals surface area (Å²) in [5.41, 5.74) is 0.828. The standard InChI is InChI=1S/C17H19FN4O3/c1-11-8-22(9-14(25-11)12-3-5-13(18)6-4-12)17(23)21-15-7-16(24-2)20-10-19-15/h3-7,10-11,14H,8-9H2,1-2H3,(H,19,20,21,23)/t11-,14+/m0/s1. The van der Waals surface area contributed by atoms with Gasteiger partial charge in [0.1, 0.15) is 24.1 Å². The Bertz CT molecular complexity index is 741. The van der Waals surface area contributed by atoms with Crippen LogP contribution >= 0.6 is 0 Å². The van der Waals surface area contributed by atoms with Gasteiger partial charge >= 0.3 is 6.03 Å². The number of nitrogens with zero attached hydrogens (tertiary/aromatic N) is 3. The van der Waals surface area contributed by atoms with Crippen LogP contribution in [0.3, 0.4) is 0 Å². The van der Waals surface area contributed by atoms with E-state index in [1.54, 1.807) is 23.1 Å². The molecule has 7 nitrogen and oxygen atoms in total. The molecule has 1 fully saturated rings. The van der Waals surface area contributed by atoms with Gasteiger partial charge in [-0.25, -0.2) is 19.2 Å². The first-order chi connectivity index (χ1) is 12.0. The molecule has 2 amide bonds. The molecule has 2 atom stereocenters. The van der Waals surface area contributed by atoms with E-state index in [9.17, 15) is 9.18 Å². The lowest BCUT2D eigenvalue weighted by Gasteiger charge is -2.36. The van der Waals surface area contributed by atoms with Gasteiger partial charge in [-0.1, -0.05) is 12.1 Å². The van der Waals surface area contributed by atoms with E-state index in [1.165, 1.54) is 25.6 Å². The largest absolute Gasteiger partial charge is 0.481 e. The first-order valence-electron chi connectivity index (χ1n) is 7.88. The number of morpholine rings is 1. The average Bonchev–Trinajstić information content (AvgIpc) is 2.62. The van der Waals surface area contributed by atoms with Crippen LogP contribution in [0, 0.1) is 5.82 Å². The maximum Gasteiger partial charge on any atom is 0.323 e. The van der Waals surface area contributed by atoms with Crippen molar-refractivity contribution in [1.29, 1.82) is 0 Å². The summed E-state index contributed by atoms with van der Waals surface area (Å²) in [5.74, 6) is 0.416. The van der Waals surface area contributed by atoms with Crippen LogP contribution in [0.2, 0.25) is 0 Å². The molecule has 1 N–H and O–H groups in total. The number of amides is 2. The summed E-state index contributed by atoms with van der Waals surface area (Å²) in [5, 5.41) is 2.73. The Morgan fingerprint density at radius 2 is 2.08 bits per heavy atom. The van der Waals surface area contributed by atoms with Gasteiger partial charge in [-0.3, -0.25) is 5.32 Å². The van der Waals surface area contributed by atoms with Crippen LogP contribution in [-0.2, 0) is 4.74 Å². The van der Waals surface area contributed by atoms with Crippen molar-refractivity contribution < 1.29 is 18.7 Å². The van der Waals surface area contributed by atoms with Crippen LogP contribution in [0.1, 0.15) is 18.6 Å². The van der Waals surface area contributed by atoms with Crippen molar-refractivity contribution in [2.24, 2.45) is 0 Å². The lowest BCUT2D eigenvalue weighted by molar-refractivity contribution is -0.0642. The molecule has 0 radical (unpaired) electrons. The molecule has 25 heavy (non-hydrogen) atoms. The van der Waals surface area contributed by atoms with E-state index in [0.717, 1.165) is 5.56 Å². The minimum atomic E-state index is -0.310. The SMILES string of the molecule is COc1cc(NC(=O)N2C[C@H](C)O[C@@H](c3ccc(F)cc3)C2)ncn1. The normalized spacial score (nSPS) is 20.2. The van der Waals surface area contributed by atoms with E-state index < -0.39 is 0 Å². The quantitative estimate of drug-likeness (QED) is 0.924. The summed E-state index contributed by atoms with van der Waals surface area (Å²) in [6, 6.07) is 7.36. The summed E-state index contributed by atoms with van der Waals surface area (Å²) >= 11 is 0. The highest BCUT2D eigenvalue weighted by Crippen LogP contribution is 2.26. The Labute approximate surface area is 144 Å². The number of urea groups is 1. The van der Waals surface area contributed by atoms with Crippen molar-refractivity contribution in [1.82, 2.24) is 14.9 Å². The summed E-state index contributed by atoms with van der Waals surface area (Å²) in [6.07, 6.45) is 0.863. The predicted octanol–water partition coefficient (Wildman–Crippen LogP) is 2.62. The smallest absolute Gasteiger partial charge is 0.323 e. The molecule has 1 aromatic heterocycles. The lowest BCUT2D eigenvalue weighted by atomic mass is 10.1. The first kappa shape index (κ1) is 17.1. The van der Waals surface area contributed by atoms with Crippen LogP contribution < -0.4 is 10.1 Å². The monoisotopic (exact) mass is 346 g/mol. The molecular formula is C17H19FN4O3. The van der Waals surface area contributed by atoms with E-state index in [2.05, 4.69) is 15.3 Å². The Balaban J connectivity index is 1.70. The van der Waals surface area contributed by atoms with Crippen molar-refractivity contribution >= 4 is 11.8 Å². The van der Waals surface area contributed by atoms with Crippen molar-refractivity contribution in [3.8, 4) is 5.88 Å². The van der Waals surface area contributed by atoms with Gasteiger partial charge in [-0.15, -0.1) is 0 Å². The Kier molecular flexibility index (Phi) is 5.08. The zero-order chi connectivity index (χ0) is 17.8. The van der Waals surface area contributed by atoms with E-state index >= 15 is 0 Å². The molecule has 0 aliphatic carbocycles. The second-order valence-corrected chi connectivity index (χ2v) is 5.77. The van der Waals surface area contributed by atoms with Crippen molar-refractivity contribution in [2.75, 3.05) is 25.5 Å². The van der Waals surface area contributed by atoms with Crippen molar-refractivity contribution in [3.05, 3.63) is 48.0 Å². The summed E-state index contributed by atoms with van der Waals surface area (Å²) in [4.78, 5) is 22.1. The molecule has 0 bridgehead atoms. The lowest BCUT2D eigenvalue weighted by Crippen LogP contribution is -2.47. The fourth-order valence-electron chi connectivity index (χ4n) is 2.69. The second-order valence-electron chi connectivity index (χ2n) is 5.77. The molecule has 1 aromatic carbocycles. The molecule has 3 rings (SSSR count). The van der Waals surface area contributed by atoms with Crippen LogP contribution in [0.15, 0.2) is 36.7 Å². The molecule has 0 saturated carbocycles. The third kappa shape index (κ3) is 4.21. The first-order valence-corrected chi connectivity index (χ1v) is 7.88. The maximum atomic E-state index is 13.1. The molecule has 1 saturated heterocycles. The van der Waals surface area contributed by atoms with E-state index in [-0.39, 0.29) is 24.1 Å². The highest BCUT2D eigenvalue weighted by atomic mass is 19.1. The average molecular weight is 346 g/mol. The number of halogens is 1. The zero-order valence-corrected chi connectivity index (χ0v) is 14.0. The van der Waals surface area contributed by atoms with Crippen molar-refractivity contribution in [3.63, 3.8) is 0 Å². The topological polar surface area (TPSA) is 76.6 Å². The molecule has 1 aliphatic rings. The minimum Gasteiger partial charge on any atom is -0.481 e. The second kappa shape index (κ2) is 7.43. The summed E-state index contributed by atoms with van der Waals surface area (Å²) < 4.78 is 24.0. The molecule has 0 unspecified atom stereocenters.